The van der Waals surface area contributed by atoms with Gasteiger partial charge in [-0.1, -0.05) is 42.0 Å². The van der Waals surface area contributed by atoms with Gasteiger partial charge in [0.1, 0.15) is 11.4 Å². The number of carbonyl (C=O) groups excluding carboxylic acids is 2. The molecule has 30 heavy (non-hydrogen) atoms. The number of benzene rings is 2. The van der Waals surface area contributed by atoms with Gasteiger partial charge in [0, 0.05) is 12.6 Å². The topological polar surface area (TPSA) is 73.7 Å². The number of methoxy groups -OCH3 is 2. The van der Waals surface area contributed by atoms with Gasteiger partial charge in [0.05, 0.1) is 26.0 Å². The summed E-state index contributed by atoms with van der Waals surface area (Å²) in [6, 6.07) is 15.5. The van der Waals surface area contributed by atoms with E-state index in [0.29, 0.717) is 17.1 Å². The zero-order valence-electron chi connectivity index (χ0n) is 17.3. The molecule has 4 rings (SSSR count). The van der Waals surface area contributed by atoms with Crippen LogP contribution in [0.15, 0.2) is 54.6 Å². The summed E-state index contributed by atoms with van der Waals surface area (Å²) in [4.78, 5) is 27.6. The molecule has 154 valence electrons. The van der Waals surface area contributed by atoms with E-state index in [0.717, 1.165) is 16.7 Å². The van der Waals surface area contributed by atoms with E-state index in [9.17, 15) is 9.59 Å². The van der Waals surface area contributed by atoms with Gasteiger partial charge in [0.15, 0.2) is 6.04 Å². The number of esters is 1. The highest BCUT2D eigenvalue weighted by Gasteiger charge is 2.44. The van der Waals surface area contributed by atoms with Gasteiger partial charge in [-0.3, -0.25) is 4.79 Å². The summed E-state index contributed by atoms with van der Waals surface area (Å²) in [5.74, 6) is 0.0244. The molecule has 1 aromatic heterocycles. The minimum absolute atomic E-state index is 0.207. The average Bonchev–Trinajstić information content (AvgIpc) is 3.21. The van der Waals surface area contributed by atoms with Gasteiger partial charge < -0.3 is 14.4 Å². The van der Waals surface area contributed by atoms with Crippen molar-refractivity contribution < 1.29 is 19.1 Å². The summed E-state index contributed by atoms with van der Waals surface area (Å²) >= 11 is 0. The summed E-state index contributed by atoms with van der Waals surface area (Å²) in [5.41, 5.74) is 3.79. The van der Waals surface area contributed by atoms with Crippen molar-refractivity contribution in [2.24, 2.45) is 0 Å². The Kier molecular flexibility index (Phi) is 5.03. The number of amides is 1. The SMILES string of the molecule is COC(=O)[C@@H]1[C@@H](c2ccc(OC)cc2)N(C)C(=O)c2cc(-c3ccc(C)cc3)nn21. The fourth-order valence-electron chi connectivity index (χ4n) is 3.84. The Morgan fingerprint density at radius 2 is 1.70 bits per heavy atom. The second-order valence-electron chi connectivity index (χ2n) is 7.33. The van der Waals surface area contributed by atoms with Crippen LogP contribution in [0.4, 0.5) is 0 Å². The van der Waals surface area contributed by atoms with Crippen molar-refractivity contribution in [2.75, 3.05) is 21.3 Å². The van der Waals surface area contributed by atoms with Crippen LogP contribution < -0.4 is 4.74 Å². The van der Waals surface area contributed by atoms with Crippen molar-refractivity contribution in [3.8, 4) is 17.0 Å². The first kappa shape index (κ1) is 19.7. The van der Waals surface area contributed by atoms with E-state index >= 15 is 0 Å². The van der Waals surface area contributed by atoms with Gasteiger partial charge in [0.25, 0.3) is 5.91 Å². The highest BCUT2D eigenvalue weighted by molar-refractivity contribution is 5.96. The molecule has 2 heterocycles. The Morgan fingerprint density at radius 3 is 2.30 bits per heavy atom. The van der Waals surface area contributed by atoms with Crippen molar-refractivity contribution in [1.82, 2.24) is 14.7 Å². The van der Waals surface area contributed by atoms with Gasteiger partial charge in [-0.15, -0.1) is 0 Å². The Morgan fingerprint density at radius 1 is 1.03 bits per heavy atom. The van der Waals surface area contributed by atoms with Gasteiger partial charge in [0.2, 0.25) is 0 Å². The van der Waals surface area contributed by atoms with Crippen LogP contribution in [-0.2, 0) is 9.53 Å². The van der Waals surface area contributed by atoms with Gasteiger partial charge in [-0.25, -0.2) is 9.48 Å². The van der Waals surface area contributed by atoms with E-state index in [1.807, 2.05) is 43.3 Å². The third kappa shape index (κ3) is 3.22. The highest BCUT2D eigenvalue weighted by atomic mass is 16.5. The average molecular weight is 405 g/mol. The molecule has 0 radical (unpaired) electrons. The van der Waals surface area contributed by atoms with Crippen LogP contribution in [0.3, 0.4) is 0 Å². The summed E-state index contributed by atoms with van der Waals surface area (Å²) in [5, 5.41) is 4.64. The zero-order chi connectivity index (χ0) is 21.4. The molecule has 1 aliphatic rings. The largest absolute Gasteiger partial charge is 0.497 e. The van der Waals surface area contributed by atoms with E-state index in [-0.39, 0.29) is 5.91 Å². The van der Waals surface area contributed by atoms with Gasteiger partial charge in [-0.05, 0) is 30.7 Å². The van der Waals surface area contributed by atoms with Crippen molar-refractivity contribution in [2.45, 2.75) is 19.0 Å². The number of aromatic nitrogens is 2. The van der Waals surface area contributed by atoms with Crippen LogP contribution in [-0.4, -0.2) is 47.8 Å². The number of carbonyl (C=O) groups is 2. The third-order valence-electron chi connectivity index (χ3n) is 5.50. The van der Waals surface area contributed by atoms with Crippen LogP contribution in [0, 0.1) is 6.92 Å². The highest BCUT2D eigenvalue weighted by Crippen LogP contribution is 2.39. The molecule has 7 nitrogen and oxygen atoms in total. The van der Waals surface area contributed by atoms with Gasteiger partial charge >= 0.3 is 5.97 Å². The third-order valence-corrected chi connectivity index (χ3v) is 5.50. The standard InChI is InChI=1S/C23H23N3O4/c1-14-5-7-15(8-6-14)18-13-19-22(27)25(2)20(16-9-11-17(29-3)12-10-16)21(23(28)30-4)26(19)24-18/h5-13,20-21H,1-4H3/t20-,21+/m1/s1. The number of hydrogen-bond donors (Lipinski definition) is 0. The monoisotopic (exact) mass is 405 g/mol. The number of aryl methyl sites for hydroxylation is 1. The lowest BCUT2D eigenvalue weighted by Crippen LogP contribution is -2.46. The lowest BCUT2D eigenvalue weighted by atomic mass is 9.95. The Hall–Kier alpha value is -3.61. The minimum atomic E-state index is -0.805. The fourth-order valence-corrected chi connectivity index (χ4v) is 3.84. The maximum absolute atomic E-state index is 13.2. The Balaban J connectivity index is 1.84. The number of ether oxygens (including phenoxy) is 2. The lowest BCUT2D eigenvalue weighted by Gasteiger charge is -2.38. The second-order valence-corrected chi connectivity index (χ2v) is 7.33. The number of hydrogen-bond acceptors (Lipinski definition) is 5. The molecule has 0 fully saturated rings. The van der Waals surface area contributed by atoms with Crippen LogP contribution >= 0.6 is 0 Å². The number of likely N-dealkylation sites (N-methyl/N-ethyl adjacent to an activating group) is 1. The van der Waals surface area contributed by atoms with Crippen molar-refractivity contribution in [3.63, 3.8) is 0 Å². The molecule has 1 aliphatic heterocycles. The zero-order valence-corrected chi connectivity index (χ0v) is 17.3. The van der Waals surface area contributed by atoms with Crippen LogP contribution in [0.2, 0.25) is 0 Å². The van der Waals surface area contributed by atoms with Crippen molar-refractivity contribution >= 4 is 11.9 Å². The Bertz CT molecular complexity index is 1090. The summed E-state index contributed by atoms with van der Waals surface area (Å²) in [7, 11) is 4.62. The van der Waals surface area contributed by atoms with Crippen LogP contribution in [0.25, 0.3) is 11.3 Å². The molecule has 7 heteroatoms. The molecule has 0 saturated carbocycles. The number of rotatable bonds is 4. The van der Waals surface area contributed by atoms with E-state index < -0.39 is 18.1 Å². The maximum atomic E-state index is 13.2. The molecule has 0 spiro atoms. The number of fused-ring (bicyclic) bond motifs is 1. The normalized spacial score (nSPS) is 18.1. The fraction of sp³-hybridized carbons (Fsp3) is 0.261. The molecule has 0 bridgehead atoms. The smallest absolute Gasteiger partial charge is 0.333 e. The quantitative estimate of drug-likeness (QED) is 0.622. The molecule has 0 unspecified atom stereocenters. The first-order valence-electron chi connectivity index (χ1n) is 9.60. The predicted molar refractivity (Wildman–Crippen MR) is 111 cm³/mol. The first-order valence-corrected chi connectivity index (χ1v) is 9.60. The molecule has 0 aliphatic carbocycles. The summed E-state index contributed by atoms with van der Waals surface area (Å²) in [6.45, 7) is 2.01. The van der Waals surface area contributed by atoms with Crippen LogP contribution in [0.1, 0.15) is 33.7 Å². The summed E-state index contributed by atoms with van der Waals surface area (Å²) in [6.07, 6.45) is 0. The molecule has 3 aromatic rings. The second kappa shape index (κ2) is 7.67. The molecule has 0 saturated heterocycles. The molecular formula is C23H23N3O4. The predicted octanol–water partition coefficient (Wildman–Crippen LogP) is 3.41. The molecule has 2 aromatic carbocycles. The van der Waals surface area contributed by atoms with E-state index in [2.05, 4.69) is 5.10 Å². The molecule has 0 N–H and O–H groups in total. The minimum Gasteiger partial charge on any atom is -0.497 e. The molecule has 1 amide bonds. The first-order chi connectivity index (χ1) is 14.4. The Labute approximate surface area is 174 Å². The summed E-state index contributed by atoms with van der Waals surface area (Å²) < 4.78 is 11.8. The van der Waals surface area contributed by atoms with Crippen molar-refractivity contribution in [3.05, 3.63) is 71.4 Å². The van der Waals surface area contributed by atoms with E-state index in [1.54, 1.807) is 37.3 Å². The van der Waals surface area contributed by atoms with Gasteiger partial charge in [-0.2, -0.15) is 5.10 Å². The number of nitrogens with zero attached hydrogens (tertiary/aromatic N) is 3. The van der Waals surface area contributed by atoms with Crippen LogP contribution in [0.5, 0.6) is 5.75 Å². The van der Waals surface area contributed by atoms with E-state index in [4.69, 9.17) is 9.47 Å². The molecule has 2 atom stereocenters. The lowest BCUT2D eigenvalue weighted by molar-refractivity contribution is -0.147. The van der Waals surface area contributed by atoms with E-state index in [1.165, 1.54) is 11.8 Å². The molecular weight excluding hydrogens is 382 g/mol. The maximum Gasteiger partial charge on any atom is 0.333 e. The van der Waals surface area contributed by atoms with Crippen molar-refractivity contribution in [1.29, 1.82) is 0 Å².